The molecule has 0 spiro atoms. The maximum Gasteiger partial charge on any atom is 0.332 e. The number of carbonyl (C=O) groups excluding carboxylic acids is 1. The van der Waals surface area contributed by atoms with Gasteiger partial charge in [0.05, 0.1) is 7.11 Å². The molecule has 2 heteroatoms. The van der Waals surface area contributed by atoms with Crippen LogP contribution in [0.15, 0.2) is 23.8 Å². The zero-order chi connectivity index (χ0) is 11.4. The third-order valence-electron chi connectivity index (χ3n) is 3.15. The molecule has 2 aliphatic carbocycles. The molecule has 0 radical (unpaired) electrons. The van der Waals surface area contributed by atoms with Gasteiger partial charge in [-0.1, -0.05) is 18.2 Å². The van der Waals surface area contributed by atoms with Gasteiger partial charge in [-0.2, -0.15) is 0 Å². The van der Waals surface area contributed by atoms with Crippen LogP contribution in [0.4, 0.5) is 0 Å². The van der Waals surface area contributed by atoms with Gasteiger partial charge in [0, 0.05) is 5.57 Å². The van der Waals surface area contributed by atoms with Crippen molar-refractivity contribution in [1.29, 1.82) is 0 Å². The fourth-order valence-corrected chi connectivity index (χ4v) is 2.26. The van der Waals surface area contributed by atoms with Gasteiger partial charge in [0.1, 0.15) is 0 Å². The molecule has 2 atom stereocenters. The summed E-state index contributed by atoms with van der Waals surface area (Å²) in [4.78, 5) is 10.2. The molecule has 2 rings (SSSR count). The van der Waals surface area contributed by atoms with E-state index >= 15 is 0 Å². The van der Waals surface area contributed by atoms with Crippen molar-refractivity contribution in [2.24, 2.45) is 11.8 Å². The van der Waals surface area contributed by atoms with Crippen molar-refractivity contribution in [3.63, 3.8) is 0 Å². The Hall–Kier alpha value is -1.05. The lowest BCUT2D eigenvalue weighted by Crippen LogP contribution is -1.98. The number of ether oxygens (including phenoxy) is 1. The van der Waals surface area contributed by atoms with Crippen LogP contribution in [0.1, 0.15) is 33.1 Å². The molecule has 84 valence electrons. The molecule has 15 heavy (non-hydrogen) atoms. The third kappa shape index (κ3) is 3.22. The second-order valence-corrected chi connectivity index (χ2v) is 4.45. The van der Waals surface area contributed by atoms with Gasteiger partial charge in [-0.15, -0.1) is 0 Å². The molecule has 2 aliphatic rings. The Labute approximate surface area is 92.0 Å². The first kappa shape index (κ1) is 12.0. The predicted molar refractivity (Wildman–Crippen MR) is 61.4 cm³/mol. The van der Waals surface area contributed by atoms with Gasteiger partial charge in [0.15, 0.2) is 0 Å². The maximum atomic E-state index is 10.2. The highest BCUT2D eigenvalue weighted by molar-refractivity contribution is 5.86. The van der Waals surface area contributed by atoms with Crippen LogP contribution < -0.4 is 0 Å². The van der Waals surface area contributed by atoms with Gasteiger partial charge in [-0.3, -0.25) is 0 Å². The first-order chi connectivity index (χ1) is 7.04. The van der Waals surface area contributed by atoms with Crippen LogP contribution in [0.5, 0.6) is 0 Å². The van der Waals surface area contributed by atoms with Crippen molar-refractivity contribution in [3.8, 4) is 0 Å². The summed E-state index contributed by atoms with van der Waals surface area (Å²) in [5, 5.41) is 0. The number of methoxy groups -OCH3 is 1. The molecule has 0 N–H and O–H groups in total. The average molecular weight is 208 g/mol. The molecular formula is C13H20O2. The van der Waals surface area contributed by atoms with Crippen LogP contribution in [0.25, 0.3) is 0 Å². The van der Waals surface area contributed by atoms with Crippen LogP contribution in [0, 0.1) is 11.8 Å². The number of fused-ring (bicyclic) bond motifs is 2. The van der Waals surface area contributed by atoms with E-state index in [0.717, 1.165) is 11.8 Å². The zero-order valence-electron chi connectivity index (χ0n) is 9.88. The summed E-state index contributed by atoms with van der Waals surface area (Å²) >= 11 is 0. The van der Waals surface area contributed by atoms with Gasteiger partial charge < -0.3 is 4.74 Å². The minimum absolute atomic E-state index is 0.347. The molecule has 2 unspecified atom stereocenters. The number of allylic oxidation sites excluding steroid dienone is 2. The average Bonchev–Trinajstić information content (AvgIpc) is 2.78. The second kappa shape index (κ2) is 5.15. The standard InChI is InChI=1S/C8H12.C5H8O2/c1-6-4-7-2-3-8(6)5-7;1-4(2)5(6)7-3/h4,7-8H,2-3,5H2,1H3;1H2,2-3H3. The molecule has 2 nitrogen and oxygen atoms in total. The largest absolute Gasteiger partial charge is 0.466 e. The van der Waals surface area contributed by atoms with Gasteiger partial charge in [0.2, 0.25) is 0 Å². The van der Waals surface area contributed by atoms with Crippen molar-refractivity contribution in [1.82, 2.24) is 0 Å². The van der Waals surface area contributed by atoms with Crippen LogP contribution in [0.3, 0.4) is 0 Å². The van der Waals surface area contributed by atoms with E-state index in [1.54, 1.807) is 12.5 Å². The fraction of sp³-hybridized carbons (Fsp3) is 0.615. The lowest BCUT2D eigenvalue weighted by Gasteiger charge is -2.05. The Bertz CT molecular complexity index is 289. The van der Waals surface area contributed by atoms with Gasteiger partial charge in [-0.05, 0) is 44.9 Å². The number of rotatable bonds is 1. The van der Waals surface area contributed by atoms with E-state index in [9.17, 15) is 4.79 Å². The second-order valence-electron chi connectivity index (χ2n) is 4.45. The van der Waals surface area contributed by atoms with Crippen molar-refractivity contribution in [2.75, 3.05) is 7.11 Å². The van der Waals surface area contributed by atoms with Crippen LogP contribution in [0.2, 0.25) is 0 Å². The van der Waals surface area contributed by atoms with Crippen molar-refractivity contribution < 1.29 is 9.53 Å². The van der Waals surface area contributed by atoms with Crippen LogP contribution in [-0.2, 0) is 9.53 Å². The van der Waals surface area contributed by atoms with E-state index in [1.807, 2.05) is 0 Å². The number of carbonyl (C=O) groups is 1. The Morgan fingerprint density at radius 2 is 2.20 bits per heavy atom. The lowest BCUT2D eigenvalue weighted by molar-refractivity contribution is -0.136. The van der Waals surface area contributed by atoms with Gasteiger partial charge >= 0.3 is 5.97 Å². The summed E-state index contributed by atoms with van der Waals surface area (Å²) in [5.41, 5.74) is 2.10. The quantitative estimate of drug-likeness (QED) is 0.376. The molecule has 0 saturated heterocycles. The number of esters is 1. The van der Waals surface area contributed by atoms with E-state index in [-0.39, 0.29) is 5.97 Å². The third-order valence-corrected chi connectivity index (χ3v) is 3.15. The minimum atomic E-state index is -0.347. The molecule has 0 heterocycles. The molecule has 0 aromatic heterocycles. The first-order valence-electron chi connectivity index (χ1n) is 5.46. The highest BCUT2D eigenvalue weighted by Gasteiger charge is 2.29. The van der Waals surface area contributed by atoms with Crippen molar-refractivity contribution in [3.05, 3.63) is 23.8 Å². The Kier molecular flexibility index (Phi) is 4.13. The molecule has 0 aromatic carbocycles. The fourth-order valence-electron chi connectivity index (χ4n) is 2.26. The Morgan fingerprint density at radius 1 is 1.53 bits per heavy atom. The summed E-state index contributed by atoms with van der Waals surface area (Å²) in [5.74, 6) is 1.64. The van der Waals surface area contributed by atoms with Gasteiger partial charge in [0.25, 0.3) is 0 Å². The van der Waals surface area contributed by atoms with E-state index < -0.39 is 0 Å². The minimum Gasteiger partial charge on any atom is -0.466 e. The van der Waals surface area contributed by atoms with E-state index in [4.69, 9.17) is 0 Å². The monoisotopic (exact) mass is 208 g/mol. The smallest absolute Gasteiger partial charge is 0.332 e. The molecule has 0 aromatic rings. The Morgan fingerprint density at radius 3 is 2.33 bits per heavy atom. The summed E-state index contributed by atoms with van der Waals surface area (Å²) < 4.78 is 4.27. The molecular weight excluding hydrogens is 188 g/mol. The molecule has 2 bridgehead atoms. The molecule has 0 amide bonds. The summed E-state index contributed by atoms with van der Waals surface area (Å²) in [6, 6.07) is 0. The number of hydrogen-bond acceptors (Lipinski definition) is 2. The topological polar surface area (TPSA) is 26.3 Å². The molecule has 0 aliphatic heterocycles. The van der Waals surface area contributed by atoms with Crippen LogP contribution in [-0.4, -0.2) is 13.1 Å². The predicted octanol–water partition coefficient (Wildman–Crippen LogP) is 3.10. The normalized spacial score (nSPS) is 26.5. The number of hydrogen-bond donors (Lipinski definition) is 0. The maximum absolute atomic E-state index is 10.2. The summed E-state index contributed by atoms with van der Waals surface area (Å²) in [6.45, 7) is 7.24. The zero-order valence-corrected chi connectivity index (χ0v) is 9.88. The summed E-state index contributed by atoms with van der Waals surface area (Å²) in [7, 11) is 1.33. The van der Waals surface area contributed by atoms with Crippen molar-refractivity contribution >= 4 is 5.97 Å². The molecule has 1 fully saturated rings. The van der Waals surface area contributed by atoms with Crippen molar-refractivity contribution in [2.45, 2.75) is 33.1 Å². The van der Waals surface area contributed by atoms with E-state index in [1.165, 1.54) is 26.4 Å². The van der Waals surface area contributed by atoms with Crippen LogP contribution >= 0.6 is 0 Å². The lowest BCUT2D eigenvalue weighted by atomic mass is 10.0. The highest BCUT2D eigenvalue weighted by Crippen LogP contribution is 2.42. The summed E-state index contributed by atoms with van der Waals surface area (Å²) in [6.07, 6.45) is 6.90. The Balaban J connectivity index is 0.000000153. The van der Waals surface area contributed by atoms with E-state index in [0.29, 0.717) is 5.57 Å². The van der Waals surface area contributed by atoms with Gasteiger partial charge in [-0.25, -0.2) is 4.79 Å². The highest BCUT2D eigenvalue weighted by atomic mass is 16.5. The molecule has 1 saturated carbocycles. The van der Waals surface area contributed by atoms with E-state index in [2.05, 4.69) is 24.3 Å². The SMILES string of the molecule is C=C(C)C(=O)OC.CC1=CC2CCC1C2. The first-order valence-corrected chi connectivity index (χ1v) is 5.46.